The largest absolute Gasteiger partial charge is 0.486 e. The minimum absolute atomic E-state index is 0.0273. The summed E-state index contributed by atoms with van der Waals surface area (Å²) in [7, 11) is 0. The third-order valence-corrected chi connectivity index (χ3v) is 6.04. The molecule has 6 nitrogen and oxygen atoms in total. The zero-order valence-electron chi connectivity index (χ0n) is 15.0. The van der Waals surface area contributed by atoms with Crippen molar-refractivity contribution in [3.05, 3.63) is 23.8 Å². The number of benzene rings is 1. The van der Waals surface area contributed by atoms with Crippen molar-refractivity contribution in [1.29, 1.82) is 0 Å². The van der Waals surface area contributed by atoms with Crippen LogP contribution in [-0.2, 0) is 9.59 Å². The van der Waals surface area contributed by atoms with Gasteiger partial charge >= 0.3 is 5.97 Å². The van der Waals surface area contributed by atoms with E-state index in [1.165, 1.54) is 0 Å². The molecule has 1 aliphatic heterocycles. The van der Waals surface area contributed by atoms with Crippen molar-refractivity contribution in [3.63, 3.8) is 0 Å². The van der Waals surface area contributed by atoms with E-state index in [-0.39, 0.29) is 17.7 Å². The van der Waals surface area contributed by atoms with Crippen molar-refractivity contribution in [2.24, 2.45) is 11.8 Å². The average molecular weight is 359 g/mol. The number of carboxylic acids is 1. The summed E-state index contributed by atoms with van der Waals surface area (Å²) >= 11 is 0. The number of ether oxygens (including phenoxy) is 2. The van der Waals surface area contributed by atoms with Gasteiger partial charge in [0.15, 0.2) is 11.5 Å². The summed E-state index contributed by atoms with van der Waals surface area (Å²) in [5, 5.41) is 12.6. The monoisotopic (exact) mass is 359 g/mol. The van der Waals surface area contributed by atoms with Gasteiger partial charge in [0.25, 0.3) is 0 Å². The van der Waals surface area contributed by atoms with Crippen molar-refractivity contribution in [3.8, 4) is 11.5 Å². The number of nitrogens with one attached hydrogen (secondary N) is 1. The highest BCUT2D eigenvalue weighted by Gasteiger charge is 2.48. The number of carboxylic acid groups (broad SMARTS) is 1. The summed E-state index contributed by atoms with van der Waals surface area (Å²) in [5.74, 6) is 0.219. The van der Waals surface area contributed by atoms with Gasteiger partial charge < -0.3 is 19.9 Å². The van der Waals surface area contributed by atoms with E-state index >= 15 is 0 Å². The van der Waals surface area contributed by atoms with Crippen molar-refractivity contribution in [2.45, 2.75) is 50.5 Å². The van der Waals surface area contributed by atoms with Crippen LogP contribution in [0, 0.1) is 11.8 Å². The highest BCUT2D eigenvalue weighted by molar-refractivity contribution is 5.84. The average Bonchev–Trinajstić information content (AvgIpc) is 3.42. The molecule has 2 fully saturated rings. The van der Waals surface area contributed by atoms with Gasteiger partial charge in [-0.3, -0.25) is 9.59 Å². The Hall–Kier alpha value is -2.24. The van der Waals surface area contributed by atoms with Crippen molar-refractivity contribution in [1.82, 2.24) is 5.32 Å². The molecule has 1 heterocycles. The van der Waals surface area contributed by atoms with Crippen molar-refractivity contribution >= 4 is 11.9 Å². The quantitative estimate of drug-likeness (QED) is 0.863. The second-order valence-corrected chi connectivity index (χ2v) is 7.90. The van der Waals surface area contributed by atoms with Crippen LogP contribution in [-0.4, -0.2) is 35.7 Å². The molecule has 140 valence electrons. The molecule has 6 heteroatoms. The smallest absolute Gasteiger partial charge is 0.308 e. The fraction of sp³-hybridized carbons (Fsp3) is 0.600. The van der Waals surface area contributed by atoms with Gasteiger partial charge in [-0.1, -0.05) is 18.9 Å². The van der Waals surface area contributed by atoms with Crippen LogP contribution in [0.25, 0.3) is 0 Å². The van der Waals surface area contributed by atoms with E-state index < -0.39 is 17.4 Å². The van der Waals surface area contributed by atoms with Crippen LogP contribution in [0.5, 0.6) is 11.5 Å². The molecule has 3 aliphatic rings. The number of fused-ring (bicyclic) bond motifs is 1. The number of hydrogen-bond donors (Lipinski definition) is 2. The highest BCUT2D eigenvalue weighted by atomic mass is 16.6. The molecule has 4 rings (SSSR count). The van der Waals surface area contributed by atoms with Gasteiger partial charge in [0.1, 0.15) is 13.2 Å². The standard InChI is InChI=1S/C20H25NO5/c1-20(7-3-2-4-15(20)19(23)24)21-18(22)14-11-13(14)12-5-6-16-17(10-12)26-9-8-25-16/h5-6,10,13-15H,2-4,7-9,11H2,1H3,(H,21,22)(H,23,24). The Morgan fingerprint density at radius 3 is 2.73 bits per heavy atom. The lowest BCUT2D eigenvalue weighted by molar-refractivity contribution is -0.146. The Morgan fingerprint density at radius 1 is 1.19 bits per heavy atom. The maximum atomic E-state index is 12.8. The highest BCUT2D eigenvalue weighted by Crippen LogP contribution is 2.50. The lowest BCUT2D eigenvalue weighted by Gasteiger charge is -2.40. The Bertz CT molecular complexity index is 733. The topological polar surface area (TPSA) is 84.9 Å². The molecule has 1 aromatic rings. The Labute approximate surface area is 152 Å². The third kappa shape index (κ3) is 3.13. The minimum Gasteiger partial charge on any atom is -0.486 e. The van der Waals surface area contributed by atoms with E-state index in [2.05, 4.69) is 5.32 Å². The van der Waals surface area contributed by atoms with Crippen LogP contribution < -0.4 is 14.8 Å². The first kappa shape index (κ1) is 17.2. The van der Waals surface area contributed by atoms with E-state index in [0.29, 0.717) is 19.6 Å². The molecule has 4 unspecified atom stereocenters. The van der Waals surface area contributed by atoms with Crippen LogP contribution in [0.2, 0.25) is 0 Å². The second kappa shape index (κ2) is 6.49. The third-order valence-electron chi connectivity index (χ3n) is 6.04. The summed E-state index contributed by atoms with van der Waals surface area (Å²) in [6, 6.07) is 5.86. The molecule has 2 N–H and O–H groups in total. The van der Waals surface area contributed by atoms with E-state index in [9.17, 15) is 14.7 Å². The van der Waals surface area contributed by atoms with Crippen molar-refractivity contribution in [2.75, 3.05) is 13.2 Å². The zero-order chi connectivity index (χ0) is 18.3. The number of rotatable bonds is 4. The molecular weight excluding hydrogens is 334 g/mol. The molecule has 2 aliphatic carbocycles. The predicted molar refractivity (Wildman–Crippen MR) is 94.4 cm³/mol. The molecule has 0 saturated heterocycles. The van der Waals surface area contributed by atoms with Crippen LogP contribution in [0.4, 0.5) is 0 Å². The van der Waals surface area contributed by atoms with Gasteiger partial charge in [-0.15, -0.1) is 0 Å². The molecular formula is C20H25NO5. The Balaban J connectivity index is 1.43. The van der Waals surface area contributed by atoms with Crippen LogP contribution in [0.15, 0.2) is 18.2 Å². The molecule has 0 bridgehead atoms. The fourth-order valence-corrected chi connectivity index (χ4v) is 4.40. The van der Waals surface area contributed by atoms with Crippen molar-refractivity contribution < 1.29 is 24.2 Å². The first-order chi connectivity index (χ1) is 12.5. The minimum atomic E-state index is -0.813. The van der Waals surface area contributed by atoms with Gasteiger partial charge in [-0.05, 0) is 49.8 Å². The predicted octanol–water partition coefficient (Wildman–Crippen LogP) is 2.71. The lowest BCUT2D eigenvalue weighted by Crippen LogP contribution is -2.55. The summed E-state index contributed by atoms with van der Waals surface area (Å²) in [6.45, 7) is 2.98. The second-order valence-electron chi connectivity index (χ2n) is 7.90. The molecule has 2 saturated carbocycles. The van der Waals surface area contributed by atoms with Gasteiger partial charge in [0, 0.05) is 5.92 Å². The zero-order valence-corrected chi connectivity index (χ0v) is 15.0. The van der Waals surface area contributed by atoms with Crippen LogP contribution in [0.1, 0.15) is 50.5 Å². The summed E-state index contributed by atoms with van der Waals surface area (Å²) in [6.07, 6.45) is 4.00. The van der Waals surface area contributed by atoms with Crippen LogP contribution >= 0.6 is 0 Å². The fourth-order valence-electron chi connectivity index (χ4n) is 4.40. The molecule has 0 spiro atoms. The number of amides is 1. The first-order valence-electron chi connectivity index (χ1n) is 9.42. The number of aliphatic carboxylic acids is 1. The summed E-state index contributed by atoms with van der Waals surface area (Å²) in [5.41, 5.74) is 0.430. The van der Waals surface area contributed by atoms with E-state index in [0.717, 1.165) is 42.7 Å². The van der Waals surface area contributed by atoms with Gasteiger partial charge in [-0.2, -0.15) is 0 Å². The summed E-state index contributed by atoms with van der Waals surface area (Å²) in [4.78, 5) is 24.3. The van der Waals surface area contributed by atoms with E-state index in [1.807, 2.05) is 25.1 Å². The molecule has 1 amide bonds. The summed E-state index contributed by atoms with van der Waals surface area (Å²) < 4.78 is 11.2. The molecule has 0 aromatic heterocycles. The van der Waals surface area contributed by atoms with Gasteiger partial charge in [0.05, 0.1) is 11.5 Å². The maximum absolute atomic E-state index is 12.8. The molecule has 0 radical (unpaired) electrons. The Kier molecular flexibility index (Phi) is 4.29. The SMILES string of the molecule is CC1(NC(=O)C2CC2c2ccc3c(c2)OCCO3)CCCCC1C(=O)O. The van der Waals surface area contributed by atoms with Gasteiger partial charge in [0.2, 0.25) is 5.91 Å². The first-order valence-corrected chi connectivity index (χ1v) is 9.42. The van der Waals surface area contributed by atoms with E-state index in [4.69, 9.17) is 9.47 Å². The number of carbonyl (C=O) groups excluding carboxylic acids is 1. The van der Waals surface area contributed by atoms with E-state index in [1.54, 1.807) is 0 Å². The van der Waals surface area contributed by atoms with Gasteiger partial charge in [-0.25, -0.2) is 0 Å². The molecule has 1 aromatic carbocycles. The lowest BCUT2D eigenvalue weighted by atomic mass is 9.73. The maximum Gasteiger partial charge on any atom is 0.308 e. The molecule has 4 atom stereocenters. The van der Waals surface area contributed by atoms with Crippen LogP contribution in [0.3, 0.4) is 0 Å². The Morgan fingerprint density at radius 2 is 1.96 bits per heavy atom. The number of carbonyl (C=O) groups is 2. The number of hydrogen-bond acceptors (Lipinski definition) is 4. The normalized spacial score (nSPS) is 32.6. The molecule has 26 heavy (non-hydrogen) atoms.